The molecule has 0 aliphatic carbocycles. The Hall–Kier alpha value is -0.860. The highest BCUT2D eigenvalue weighted by molar-refractivity contribution is 9.28. The van der Waals surface area contributed by atoms with Gasteiger partial charge in [0.25, 0.3) is 0 Å². The van der Waals surface area contributed by atoms with Crippen LogP contribution < -0.4 is 0 Å². The average molecular weight is 338 g/mol. The molecule has 0 fully saturated rings. The van der Waals surface area contributed by atoms with Crippen LogP contribution in [0.25, 0.3) is 17.2 Å². The van der Waals surface area contributed by atoms with Gasteiger partial charge in [-0.2, -0.15) is 0 Å². The topological polar surface area (TPSA) is 0 Å². The first-order valence-electron chi connectivity index (χ1n) is 4.94. The van der Waals surface area contributed by atoms with Gasteiger partial charge in [0.05, 0.1) is 3.39 Å². The van der Waals surface area contributed by atoms with Crippen LogP contribution in [0.5, 0.6) is 0 Å². The molecule has 2 heteroatoms. The van der Waals surface area contributed by atoms with Gasteiger partial charge in [0, 0.05) is 0 Å². The van der Waals surface area contributed by atoms with Crippen molar-refractivity contribution in [2.75, 3.05) is 0 Å². The van der Waals surface area contributed by atoms with Crippen molar-refractivity contribution in [3.05, 3.63) is 63.6 Å². The van der Waals surface area contributed by atoms with E-state index in [0.29, 0.717) is 0 Å². The van der Waals surface area contributed by atoms with Crippen molar-refractivity contribution in [1.29, 1.82) is 0 Å². The second kappa shape index (κ2) is 5.46. The van der Waals surface area contributed by atoms with Gasteiger partial charge in [-0.3, -0.25) is 0 Å². The van der Waals surface area contributed by atoms with E-state index < -0.39 is 0 Å². The lowest BCUT2D eigenvalue weighted by atomic mass is 10.00. The summed E-state index contributed by atoms with van der Waals surface area (Å²) in [5.41, 5.74) is 3.66. The highest BCUT2D eigenvalue weighted by Gasteiger charge is 2.01. The zero-order valence-corrected chi connectivity index (χ0v) is 11.7. The molecule has 0 unspecified atom stereocenters. The van der Waals surface area contributed by atoms with Crippen LogP contribution in [0.2, 0.25) is 0 Å². The molecule has 16 heavy (non-hydrogen) atoms. The van der Waals surface area contributed by atoms with Crippen LogP contribution in [-0.2, 0) is 0 Å². The molecular formula is C14H10Br2. The number of benzene rings is 2. The molecule has 80 valence electrons. The van der Waals surface area contributed by atoms with Gasteiger partial charge in [-0.15, -0.1) is 0 Å². The van der Waals surface area contributed by atoms with Gasteiger partial charge in [-0.25, -0.2) is 0 Å². The van der Waals surface area contributed by atoms with Gasteiger partial charge in [0.1, 0.15) is 0 Å². The van der Waals surface area contributed by atoms with Crippen molar-refractivity contribution >= 4 is 37.9 Å². The monoisotopic (exact) mass is 336 g/mol. The molecule has 0 aliphatic rings. The molecule has 0 radical (unpaired) electrons. The Balaban J connectivity index is 2.53. The minimum absolute atomic E-state index is 0.948. The van der Waals surface area contributed by atoms with E-state index in [0.717, 1.165) is 3.39 Å². The summed E-state index contributed by atoms with van der Waals surface area (Å²) in [6.07, 6.45) is 2.06. The minimum atomic E-state index is 0.948. The average Bonchev–Trinajstić information content (AvgIpc) is 2.30. The van der Waals surface area contributed by atoms with Gasteiger partial charge in [0.2, 0.25) is 0 Å². The van der Waals surface area contributed by atoms with Gasteiger partial charge in [-0.1, -0.05) is 54.6 Å². The summed E-state index contributed by atoms with van der Waals surface area (Å²) in [4.78, 5) is 0. The fourth-order valence-corrected chi connectivity index (χ4v) is 2.11. The molecule has 0 N–H and O–H groups in total. The third-order valence-corrected chi connectivity index (χ3v) is 2.77. The van der Waals surface area contributed by atoms with Crippen LogP contribution in [-0.4, -0.2) is 0 Å². The van der Waals surface area contributed by atoms with E-state index in [-0.39, 0.29) is 0 Å². The van der Waals surface area contributed by atoms with E-state index >= 15 is 0 Å². The first-order chi connectivity index (χ1) is 7.77. The van der Waals surface area contributed by atoms with Crippen LogP contribution in [0.15, 0.2) is 58.0 Å². The molecule has 0 saturated heterocycles. The molecule has 0 heterocycles. The molecule has 0 aromatic heterocycles. The summed E-state index contributed by atoms with van der Waals surface area (Å²) in [5.74, 6) is 0. The standard InChI is InChI=1S/C14H10Br2/c15-14(16)10-12-8-4-5-9-13(12)11-6-2-1-3-7-11/h1-10H. The van der Waals surface area contributed by atoms with Crippen molar-refractivity contribution in [2.45, 2.75) is 0 Å². The zero-order chi connectivity index (χ0) is 11.4. The minimum Gasteiger partial charge on any atom is -0.0622 e. The summed E-state index contributed by atoms with van der Waals surface area (Å²) in [5, 5.41) is 0. The number of hydrogen-bond donors (Lipinski definition) is 0. The Bertz CT molecular complexity index is 497. The quantitative estimate of drug-likeness (QED) is 0.684. The van der Waals surface area contributed by atoms with E-state index in [4.69, 9.17) is 0 Å². The third kappa shape index (κ3) is 2.83. The van der Waals surface area contributed by atoms with Crippen LogP contribution in [0.3, 0.4) is 0 Å². The summed E-state index contributed by atoms with van der Waals surface area (Å²) in [6.45, 7) is 0. The Morgan fingerprint density at radius 1 is 0.812 bits per heavy atom. The summed E-state index contributed by atoms with van der Waals surface area (Å²) < 4.78 is 0.948. The highest BCUT2D eigenvalue weighted by atomic mass is 79.9. The lowest BCUT2D eigenvalue weighted by molar-refractivity contribution is 1.59. The molecule has 0 amide bonds. The van der Waals surface area contributed by atoms with Gasteiger partial charge < -0.3 is 0 Å². The molecule has 0 atom stereocenters. The second-order valence-electron chi connectivity index (χ2n) is 3.39. The Labute approximate surface area is 112 Å². The Morgan fingerprint density at radius 2 is 1.44 bits per heavy atom. The van der Waals surface area contributed by atoms with Gasteiger partial charge in [-0.05, 0) is 54.6 Å². The molecule has 0 saturated carbocycles. The Morgan fingerprint density at radius 3 is 2.12 bits per heavy atom. The molecular weight excluding hydrogens is 328 g/mol. The van der Waals surface area contributed by atoms with Crippen molar-refractivity contribution in [2.24, 2.45) is 0 Å². The second-order valence-corrected chi connectivity index (χ2v) is 6.16. The number of rotatable bonds is 2. The molecule has 0 bridgehead atoms. The molecule has 0 nitrogen and oxygen atoms in total. The summed E-state index contributed by atoms with van der Waals surface area (Å²) in [7, 11) is 0. The van der Waals surface area contributed by atoms with Crippen LogP contribution in [0, 0.1) is 0 Å². The molecule has 2 aromatic rings. The number of hydrogen-bond acceptors (Lipinski definition) is 0. The molecule has 2 rings (SSSR count). The van der Waals surface area contributed by atoms with E-state index in [1.807, 2.05) is 12.1 Å². The van der Waals surface area contributed by atoms with Crippen molar-refractivity contribution < 1.29 is 0 Å². The maximum atomic E-state index is 3.40. The van der Waals surface area contributed by atoms with E-state index in [2.05, 4.69) is 80.4 Å². The molecule has 0 aliphatic heterocycles. The maximum absolute atomic E-state index is 3.40. The van der Waals surface area contributed by atoms with Crippen molar-refractivity contribution in [1.82, 2.24) is 0 Å². The van der Waals surface area contributed by atoms with E-state index in [1.54, 1.807) is 0 Å². The van der Waals surface area contributed by atoms with E-state index in [9.17, 15) is 0 Å². The fourth-order valence-electron chi connectivity index (χ4n) is 1.62. The van der Waals surface area contributed by atoms with Gasteiger partial charge in [0.15, 0.2) is 0 Å². The fraction of sp³-hybridized carbons (Fsp3) is 0. The molecule has 2 aromatic carbocycles. The largest absolute Gasteiger partial charge is 0.0622 e. The Kier molecular flexibility index (Phi) is 3.97. The highest BCUT2D eigenvalue weighted by Crippen LogP contribution is 2.27. The van der Waals surface area contributed by atoms with Gasteiger partial charge >= 0.3 is 0 Å². The summed E-state index contributed by atoms with van der Waals surface area (Å²) in [6, 6.07) is 18.7. The predicted molar refractivity (Wildman–Crippen MR) is 77.7 cm³/mol. The van der Waals surface area contributed by atoms with Crippen LogP contribution in [0.4, 0.5) is 0 Å². The number of halogens is 2. The first kappa shape index (κ1) is 11.6. The van der Waals surface area contributed by atoms with Crippen molar-refractivity contribution in [3.8, 4) is 11.1 Å². The SMILES string of the molecule is BrC(Br)=Cc1ccccc1-c1ccccc1. The van der Waals surface area contributed by atoms with Crippen LogP contribution in [0.1, 0.15) is 5.56 Å². The smallest absolute Gasteiger partial charge is 0.0610 e. The van der Waals surface area contributed by atoms with Crippen LogP contribution >= 0.6 is 31.9 Å². The normalized spacial score (nSPS) is 9.88. The summed E-state index contributed by atoms with van der Waals surface area (Å²) >= 11 is 6.79. The maximum Gasteiger partial charge on any atom is 0.0610 e. The van der Waals surface area contributed by atoms with Crippen molar-refractivity contribution in [3.63, 3.8) is 0 Å². The molecule has 0 spiro atoms. The predicted octanol–water partition coefficient (Wildman–Crippen LogP) is 5.44. The third-order valence-electron chi connectivity index (χ3n) is 2.31. The lowest BCUT2D eigenvalue weighted by Crippen LogP contribution is -1.81. The zero-order valence-electron chi connectivity index (χ0n) is 8.53. The lowest BCUT2D eigenvalue weighted by Gasteiger charge is -2.05. The first-order valence-corrected chi connectivity index (χ1v) is 6.53. The van der Waals surface area contributed by atoms with E-state index in [1.165, 1.54) is 16.7 Å².